The standard InChI is InChI=1S/C23H18F3N5O/c24-23(25,26)21-10-14(6-8-27-21)20-11-18-15(12-28-20)3-1-5-19(18)30-22(32)16-9-17-4-2-7-29-31(17)13-16/h2,4,6-13,19H,1,3,5H2,(H,30,32)/t19-/m1/s1. The fourth-order valence-corrected chi connectivity index (χ4v) is 4.05. The molecule has 0 aromatic carbocycles. The minimum atomic E-state index is -4.53. The van der Waals surface area contributed by atoms with E-state index in [1.54, 1.807) is 41.3 Å². The van der Waals surface area contributed by atoms with Crippen LogP contribution in [0.1, 0.15) is 46.1 Å². The van der Waals surface area contributed by atoms with Crippen LogP contribution in [-0.2, 0) is 12.6 Å². The summed E-state index contributed by atoms with van der Waals surface area (Å²) in [6, 6.07) is 9.43. The van der Waals surface area contributed by atoms with Gasteiger partial charge in [-0.3, -0.25) is 14.8 Å². The minimum Gasteiger partial charge on any atom is -0.345 e. The number of nitrogens with zero attached hydrogens (tertiary/aromatic N) is 4. The molecular weight excluding hydrogens is 419 g/mol. The van der Waals surface area contributed by atoms with Crippen molar-refractivity contribution >= 4 is 11.4 Å². The summed E-state index contributed by atoms with van der Waals surface area (Å²) in [5.41, 5.74) is 2.95. The number of pyridine rings is 2. The third kappa shape index (κ3) is 3.81. The largest absolute Gasteiger partial charge is 0.433 e. The smallest absolute Gasteiger partial charge is 0.345 e. The molecule has 0 spiro atoms. The molecule has 5 rings (SSSR count). The molecule has 6 nitrogen and oxygen atoms in total. The fraction of sp³-hybridized carbons (Fsp3) is 0.217. The molecule has 4 aromatic heterocycles. The lowest BCUT2D eigenvalue weighted by Gasteiger charge is -2.26. The summed E-state index contributed by atoms with van der Waals surface area (Å²) in [5.74, 6) is -0.227. The van der Waals surface area contributed by atoms with Gasteiger partial charge in [0.05, 0.1) is 22.8 Å². The lowest BCUT2D eigenvalue weighted by molar-refractivity contribution is -0.141. The highest BCUT2D eigenvalue weighted by molar-refractivity contribution is 5.95. The zero-order chi connectivity index (χ0) is 22.3. The molecule has 162 valence electrons. The molecule has 0 bridgehead atoms. The molecular formula is C23H18F3N5O. The van der Waals surface area contributed by atoms with Gasteiger partial charge in [-0.15, -0.1) is 0 Å². The number of alkyl halides is 3. The Morgan fingerprint density at radius 2 is 2.00 bits per heavy atom. The quantitative estimate of drug-likeness (QED) is 0.508. The first kappa shape index (κ1) is 20.2. The van der Waals surface area contributed by atoms with Gasteiger partial charge in [0.2, 0.25) is 0 Å². The van der Waals surface area contributed by atoms with E-state index in [2.05, 4.69) is 20.4 Å². The molecule has 0 saturated heterocycles. The molecule has 4 aromatic rings. The molecule has 0 unspecified atom stereocenters. The molecule has 1 N–H and O–H groups in total. The molecule has 0 radical (unpaired) electrons. The van der Waals surface area contributed by atoms with Gasteiger partial charge in [0, 0.05) is 30.4 Å². The summed E-state index contributed by atoms with van der Waals surface area (Å²) in [7, 11) is 0. The Morgan fingerprint density at radius 3 is 2.81 bits per heavy atom. The Bertz CT molecular complexity index is 1280. The molecule has 1 amide bonds. The predicted molar refractivity (Wildman–Crippen MR) is 111 cm³/mol. The predicted octanol–water partition coefficient (Wildman–Crippen LogP) is 4.62. The van der Waals surface area contributed by atoms with E-state index in [9.17, 15) is 18.0 Å². The number of halogens is 3. The van der Waals surface area contributed by atoms with Crippen LogP contribution in [0.5, 0.6) is 0 Å². The second-order valence-corrected chi connectivity index (χ2v) is 7.74. The third-order valence-corrected chi connectivity index (χ3v) is 5.62. The molecule has 0 aliphatic heterocycles. The Labute approximate surface area is 181 Å². The van der Waals surface area contributed by atoms with Crippen LogP contribution in [0.3, 0.4) is 0 Å². The van der Waals surface area contributed by atoms with Crippen molar-refractivity contribution in [2.24, 2.45) is 0 Å². The number of nitrogens with one attached hydrogen (secondary N) is 1. The molecule has 0 fully saturated rings. The summed E-state index contributed by atoms with van der Waals surface area (Å²) < 4.78 is 40.8. The summed E-state index contributed by atoms with van der Waals surface area (Å²) in [6.07, 6.45) is 4.02. The van der Waals surface area contributed by atoms with Crippen LogP contribution in [0, 0.1) is 0 Å². The summed E-state index contributed by atoms with van der Waals surface area (Å²) in [4.78, 5) is 20.7. The van der Waals surface area contributed by atoms with Gasteiger partial charge in [-0.1, -0.05) is 0 Å². The van der Waals surface area contributed by atoms with Crippen molar-refractivity contribution in [2.45, 2.75) is 31.5 Å². The van der Waals surface area contributed by atoms with Crippen LogP contribution in [0.4, 0.5) is 13.2 Å². The van der Waals surface area contributed by atoms with E-state index in [1.807, 2.05) is 6.07 Å². The second kappa shape index (κ2) is 7.74. The van der Waals surface area contributed by atoms with Crippen molar-refractivity contribution in [3.05, 3.63) is 83.6 Å². The van der Waals surface area contributed by atoms with Crippen LogP contribution in [-0.4, -0.2) is 25.5 Å². The van der Waals surface area contributed by atoms with Crippen molar-refractivity contribution < 1.29 is 18.0 Å². The van der Waals surface area contributed by atoms with Crippen LogP contribution in [0.25, 0.3) is 16.8 Å². The summed E-state index contributed by atoms with van der Waals surface area (Å²) in [5, 5.41) is 7.25. The van der Waals surface area contributed by atoms with E-state index in [4.69, 9.17) is 0 Å². The topological polar surface area (TPSA) is 72.2 Å². The zero-order valence-electron chi connectivity index (χ0n) is 16.8. The maximum absolute atomic E-state index is 13.1. The highest BCUT2D eigenvalue weighted by Gasteiger charge is 2.32. The average molecular weight is 437 g/mol. The molecule has 9 heteroatoms. The molecule has 1 aliphatic rings. The highest BCUT2D eigenvalue weighted by atomic mass is 19.4. The monoisotopic (exact) mass is 437 g/mol. The molecule has 0 saturated carbocycles. The number of fused-ring (bicyclic) bond motifs is 2. The lowest BCUT2D eigenvalue weighted by atomic mass is 9.87. The van der Waals surface area contributed by atoms with Gasteiger partial charge >= 0.3 is 6.18 Å². The number of aromatic nitrogens is 4. The first-order valence-corrected chi connectivity index (χ1v) is 10.2. The Balaban J connectivity index is 1.44. The van der Waals surface area contributed by atoms with Crippen molar-refractivity contribution in [1.82, 2.24) is 24.9 Å². The number of carbonyl (C=O) groups is 1. The lowest BCUT2D eigenvalue weighted by Crippen LogP contribution is -2.31. The number of hydrogen-bond acceptors (Lipinski definition) is 4. The van der Waals surface area contributed by atoms with Crippen LogP contribution < -0.4 is 5.32 Å². The van der Waals surface area contributed by atoms with E-state index in [1.165, 1.54) is 6.07 Å². The Kier molecular flexibility index (Phi) is 4.88. The third-order valence-electron chi connectivity index (χ3n) is 5.62. The first-order valence-electron chi connectivity index (χ1n) is 10.2. The number of carbonyl (C=O) groups excluding carboxylic acids is 1. The van der Waals surface area contributed by atoms with E-state index in [-0.39, 0.29) is 11.9 Å². The summed E-state index contributed by atoms with van der Waals surface area (Å²) >= 11 is 0. The number of aryl methyl sites for hydroxylation is 1. The van der Waals surface area contributed by atoms with Gasteiger partial charge < -0.3 is 5.32 Å². The van der Waals surface area contributed by atoms with Crippen LogP contribution in [0.2, 0.25) is 0 Å². The van der Waals surface area contributed by atoms with E-state index in [0.29, 0.717) is 16.8 Å². The highest BCUT2D eigenvalue weighted by Crippen LogP contribution is 2.34. The maximum Gasteiger partial charge on any atom is 0.433 e. The molecule has 4 heterocycles. The van der Waals surface area contributed by atoms with Gasteiger partial charge in [-0.05, 0) is 66.8 Å². The van der Waals surface area contributed by atoms with Crippen LogP contribution in [0.15, 0.2) is 61.2 Å². The molecule has 32 heavy (non-hydrogen) atoms. The first-order chi connectivity index (χ1) is 15.4. The normalized spacial score (nSPS) is 16.0. The van der Waals surface area contributed by atoms with Crippen molar-refractivity contribution in [1.29, 1.82) is 0 Å². The SMILES string of the molecule is O=C(N[C@@H]1CCCc2cnc(-c3ccnc(C(F)(F)F)c3)cc21)c1cc2cccnn2c1. The van der Waals surface area contributed by atoms with E-state index >= 15 is 0 Å². The molecule has 1 aliphatic carbocycles. The summed E-state index contributed by atoms with van der Waals surface area (Å²) in [6.45, 7) is 0. The Morgan fingerprint density at radius 1 is 1.12 bits per heavy atom. The number of amides is 1. The van der Waals surface area contributed by atoms with E-state index in [0.717, 1.165) is 48.2 Å². The molecule has 1 atom stereocenters. The van der Waals surface area contributed by atoms with Gasteiger partial charge in [-0.2, -0.15) is 18.3 Å². The minimum absolute atomic E-state index is 0.227. The Hall–Kier alpha value is -3.75. The van der Waals surface area contributed by atoms with Crippen molar-refractivity contribution in [2.75, 3.05) is 0 Å². The van der Waals surface area contributed by atoms with Gasteiger partial charge in [-0.25, -0.2) is 4.52 Å². The van der Waals surface area contributed by atoms with Gasteiger partial charge in [0.25, 0.3) is 5.91 Å². The van der Waals surface area contributed by atoms with Crippen LogP contribution >= 0.6 is 0 Å². The van der Waals surface area contributed by atoms with Gasteiger partial charge in [0.1, 0.15) is 5.69 Å². The van der Waals surface area contributed by atoms with Crippen molar-refractivity contribution in [3.8, 4) is 11.3 Å². The maximum atomic E-state index is 13.1. The fourth-order valence-electron chi connectivity index (χ4n) is 4.05. The number of rotatable bonds is 3. The average Bonchev–Trinajstić information content (AvgIpc) is 3.23. The number of hydrogen-bond donors (Lipinski definition) is 1. The van der Waals surface area contributed by atoms with E-state index < -0.39 is 11.9 Å². The zero-order valence-corrected chi connectivity index (χ0v) is 16.8. The van der Waals surface area contributed by atoms with Crippen molar-refractivity contribution in [3.63, 3.8) is 0 Å². The second-order valence-electron chi connectivity index (χ2n) is 7.74. The van der Waals surface area contributed by atoms with Gasteiger partial charge in [0.15, 0.2) is 0 Å².